The average molecular weight is 264 g/mol. The molecule has 0 aliphatic heterocycles. The Morgan fingerprint density at radius 3 is 2.68 bits per heavy atom. The van der Waals surface area contributed by atoms with Crippen molar-refractivity contribution in [3.05, 3.63) is 35.4 Å². The molecule has 0 aliphatic carbocycles. The van der Waals surface area contributed by atoms with Crippen molar-refractivity contribution in [3.63, 3.8) is 0 Å². The van der Waals surface area contributed by atoms with Crippen LogP contribution in [0.15, 0.2) is 24.3 Å². The Morgan fingerprint density at radius 2 is 2.00 bits per heavy atom. The molecule has 0 saturated heterocycles. The van der Waals surface area contributed by atoms with Gasteiger partial charge in [0.15, 0.2) is 0 Å². The fourth-order valence-corrected chi connectivity index (χ4v) is 1.74. The van der Waals surface area contributed by atoms with Crippen LogP contribution in [0.5, 0.6) is 0 Å². The van der Waals surface area contributed by atoms with E-state index in [4.69, 9.17) is 9.47 Å². The van der Waals surface area contributed by atoms with Crippen molar-refractivity contribution in [1.82, 2.24) is 0 Å². The fraction of sp³-hybridized carbons (Fsp3) is 0.562. The van der Waals surface area contributed by atoms with E-state index in [0.717, 1.165) is 18.6 Å². The topological polar surface area (TPSA) is 35.5 Å². The van der Waals surface area contributed by atoms with Gasteiger partial charge in [0.2, 0.25) is 0 Å². The van der Waals surface area contributed by atoms with Crippen LogP contribution in [0.2, 0.25) is 0 Å². The zero-order valence-corrected chi connectivity index (χ0v) is 12.1. The normalized spacial score (nSPS) is 10.7. The summed E-state index contributed by atoms with van der Waals surface area (Å²) >= 11 is 0. The summed E-state index contributed by atoms with van der Waals surface area (Å²) in [5.74, 6) is 0.428. The minimum Gasteiger partial charge on any atom is -0.460 e. The monoisotopic (exact) mass is 264 g/mol. The van der Waals surface area contributed by atoms with Gasteiger partial charge >= 0.3 is 5.97 Å². The van der Waals surface area contributed by atoms with Crippen LogP contribution in [0.3, 0.4) is 0 Å². The van der Waals surface area contributed by atoms with Crippen LogP contribution in [0.1, 0.15) is 42.6 Å². The quantitative estimate of drug-likeness (QED) is 0.531. The summed E-state index contributed by atoms with van der Waals surface area (Å²) in [6.45, 7) is 7.87. The molecule has 0 spiro atoms. The van der Waals surface area contributed by atoms with E-state index >= 15 is 0 Å². The number of ether oxygens (including phenoxy) is 2. The number of rotatable bonds is 8. The largest absolute Gasteiger partial charge is 0.460 e. The third-order valence-electron chi connectivity index (χ3n) is 2.78. The second-order valence-corrected chi connectivity index (χ2v) is 5.15. The molecule has 0 N–H and O–H groups in total. The number of hydrogen-bond acceptors (Lipinski definition) is 3. The van der Waals surface area contributed by atoms with Crippen molar-refractivity contribution in [2.45, 2.75) is 33.6 Å². The lowest BCUT2D eigenvalue weighted by Crippen LogP contribution is -2.11. The molecule has 1 rings (SSSR count). The minimum atomic E-state index is -0.283. The van der Waals surface area contributed by atoms with Gasteiger partial charge in [-0.3, -0.25) is 0 Å². The molecular formula is C16H24O3. The molecule has 0 atom stereocenters. The minimum absolute atomic E-state index is 0.283. The van der Waals surface area contributed by atoms with Gasteiger partial charge < -0.3 is 9.47 Å². The lowest BCUT2D eigenvalue weighted by molar-refractivity contribution is 0.0310. The van der Waals surface area contributed by atoms with Gasteiger partial charge in [0.1, 0.15) is 6.61 Å². The van der Waals surface area contributed by atoms with Crippen molar-refractivity contribution in [2.24, 2.45) is 5.92 Å². The SMILES string of the molecule is Cc1cccc(C(=O)OCCOCCCC(C)C)c1. The predicted octanol–water partition coefficient (Wildman–Crippen LogP) is 3.60. The molecule has 1 aromatic carbocycles. The van der Waals surface area contributed by atoms with E-state index in [1.807, 2.05) is 25.1 Å². The highest BCUT2D eigenvalue weighted by molar-refractivity contribution is 5.89. The van der Waals surface area contributed by atoms with Crippen LogP contribution in [-0.4, -0.2) is 25.8 Å². The number of carbonyl (C=O) groups is 1. The molecule has 19 heavy (non-hydrogen) atoms. The van der Waals surface area contributed by atoms with Gasteiger partial charge in [0, 0.05) is 6.61 Å². The highest BCUT2D eigenvalue weighted by Crippen LogP contribution is 2.06. The summed E-state index contributed by atoms with van der Waals surface area (Å²) in [7, 11) is 0. The van der Waals surface area contributed by atoms with E-state index < -0.39 is 0 Å². The van der Waals surface area contributed by atoms with Crippen LogP contribution in [0.4, 0.5) is 0 Å². The molecule has 0 heterocycles. The van der Waals surface area contributed by atoms with Gasteiger partial charge in [-0.2, -0.15) is 0 Å². The lowest BCUT2D eigenvalue weighted by Gasteiger charge is -2.07. The maximum absolute atomic E-state index is 11.7. The van der Waals surface area contributed by atoms with Crippen molar-refractivity contribution >= 4 is 5.97 Å². The van der Waals surface area contributed by atoms with Gasteiger partial charge in [-0.05, 0) is 37.8 Å². The summed E-state index contributed by atoms with van der Waals surface area (Å²) in [5, 5.41) is 0. The van der Waals surface area contributed by atoms with E-state index in [0.29, 0.717) is 24.7 Å². The maximum atomic E-state index is 11.7. The van der Waals surface area contributed by atoms with Crippen molar-refractivity contribution in [1.29, 1.82) is 0 Å². The van der Waals surface area contributed by atoms with E-state index in [-0.39, 0.29) is 5.97 Å². The van der Waals surface area contributed by atoms with Gasteiger partial charge in [-0.1, -0.05) is 31.5 Å². The van der Waals surface area contributed by atoms with Crippen LogP contribution in [-0.2, 0) is 9.47 Å². The molecule has 0 unspecified atom stereocenters. The molecule has 0 radical (unpaired) electrons. The summed E-state index contributed by atoms with van der Waals surface area (Å²) in [6, 6.07) is 7.40. The Morgan fingerprint density at radius 1 is 1.21 bits per heavy atom. The van der Waals surface area contributed by atoms with Gasteiger partial charge in [-0.15, -0.1) is 0 Å². The highest BCUT2D eigenvalue weighted by Gasteiger charge is 2.06. The highest BCUT2D eigenvalue weighted by atomic mass is 16.6. The van der Waals surface area contributed by atoms with E-state index in [2.05, 4.69) is 13.8 Å². The van der Waals surface area contributed by atoms with Gasteiger partial charge in [0.25, 0.3) is 0 Å². The average Bonchev–Trinajstić information content (AvgIpc) is 2.37. The molecular weight excluding hydrogens is 240 g/mol. The third-order valence-corrected chi connectivity index (χ3v) is 2.78. The number of carbonyl (C=O) groups excluding carboxylic acids is 1. The molecule has 0 bridgehead atoms. The van der Waals surface area contributed by atoms with E-state index in [1.165, 1.54) is 6.42 Å². The molecule has 106 valence electrons. The maximum Gasteiger partial charge on any atom is 0.338 e. The smallest absolute Gasteiger partial charge is 0.338 e. The third kappa shape index (κ3) is 6.97. The number of esters is 1. The first-order valence-corrected chi connectivity index (χ1v) is 6.91. The first-order valence-electron chi connectivity index (χ1n) is 6.91. The van der Waals surface area contributed by atoms with Crippen LogP contribution >= 0.6 is 0 Å². The standard InChI is InChI=1S/C16H24O3/c1-13(2)6-5-9-18-10-11-19-16(17)15-8-4-7-14(3)12-15/h4,7-8,12-13H,5-6,9-11H2,1-3H3. The van der Waals surface area contributed by atoms with Gasteiger partial charge in [-0.25, -0.2) is 4.79 Å². The Balaban J connectivity index is 2.11. The zero-order valence-electron chi connectivity index (χ0n) is 12.1. The summed E-state index contributed by atoms with van der Waals surface area (Å²) in [6.07, 6.45) is 2.23. The Bertz CT molecular complexity index is 385. The Kier molecular flexibility index (Phi) is 7.19. The molecule has 0 fully saturated rings. The van der Waals surface area contributed by atoms with Crippen LogP contribution in [0, 0.1) is 12.8 Å². The first kappa shape index (κ1) is 15.7. The predicted molar refractivity (Wildman–Crippen MR) is 76.4 cm³/mol. The molecule has 3 nitrogen and oxygen atoms in total. The molecule has 0 amide bonds. The molecule has 0 saturated carbocycles. The number of benzene rings is 1. The summed E-state index contributed by atoms with van der Waals surface area (Å²) in [4.78, 5) is 11.7. The first-order chi connectivity index (χ1) is 9.09. The lowest BCUT2D eigenvalue weighted by atomic mass is 10.1. The van der Waals surface area contributed by atoms with E-state index in [1.54, 1.807) is 6.07 Å². The van der Waals surface area contributed by atoms with Gasteiger partial charge in [0.05, 0.1) is 12.2 Å². The fourth-order valence-electron chi connectivity index (χ4n) is 1.74. The molecule has 3 heteroatoms. The van der Waals surface area contributed by atoms with Crippen LogP contribution in [0.25, 0.3) is 0 Å². The summed E-state index contributed by atoms with van der Waals surface area (Å²) < 4.78 is 10.6. The zero-order chi connectivity index (χ0) is 14.1. The Labute approximate surface area is 115 Å². The number of aryl methyl sites for hydroxylation is 1. The van der Waals surface area contributed by atoms with Crippen LogP contribution < -0.4 is 0 Å². The second-order valence-electron chi connectivity index (χ2n) is 5.15. The molecule has 1 aromatic rings. The number of hydrogen-bond donors (Lipinski definition) is 0. The van der Waals surface area contributed by atoms with Crippen molar-refractivity contribution in [3.8, 4) is 0 Å². The Hall–Kier alpha value is -1.35. The summed E-state index contributed by atoms with van der Waals surface area (Å²) in [5.41, 5.74) is 1.65. The van der Waals surface area contributed by atoms with Crippen molar-refractivity contribution < 1.29 is 14.3 Å². The molecule has 0 aliphatic rings. The second kappa shape index (κ2) is 8.70. The molecule has 0 aromatic heterocycles. The van der Waals surface area contributed by atoms with Crippen molar-refractivity contribution in [2.75, 3.05) is 19.8 Å². The van der Waals surface area contributed by atoms with E-state index in [9.17, 15) is 4.79 Å².